The van der Waals surface area contributed by atoms with Crippen LogP contribution in [0, 0.1) is 6.92 Å². The Balaban J connectivity index is 2.93. The summed E-state index contributed by atoms with van der Waals surface area (Å²) in [4.78, 5) is 4.07. The van der Waals surface area contributed by atoms with Gasteiger partial charge >= 0.3 is 0 Å². The molecule has 0 aliphatic rings. The molecule has 0 aliphatic carbocycles. The molecule has 0 unspecified atom stereocenters. The van der Waals surface area contributed by atoms with E-state index in [2.05, 4.69) is 10.1 Å². The van der Waals surface area contributed by atoms with E-state index in [-0.39, 0.29) is 0 Å². The normalized spacial score (nSPS) is 10.7. The highest BCUT2D eigenvalue weighted by Crippen LogP contribution is 2.13. The number of aromatic nitrogens is 3. The van der Waals surface area contributed by atoms with Gasteiger partial charge in [-0.3, -0.25) is 0 Å². The van der Waals surface area contributed by atoms with E-state index < -0.39 is 0 Å². The molecule has 0 spiro atoms. The molecule has 56 valence electrons. The summed E-state index contributed by atoms with van der Waals surface area (Å²) in [6, 6.07) is 1.84. The van der Waals surface area contributed by atoms with Crippen molar-refractivity contribution < 1.29 is 0 Å². The first-order valence-corrected chi connectivity index (χ1v) is 3.61. The summed E-state index contributed by atoms with van der Waals surface area (Å²) in [5.41, 5.74) is 1.74. The number of fused-ring (bicyclic) bond motifs is 1. The van der Waals surface area contributed by atoms with Crippen molar-refractivity contribution in [3.05, 3.63) is 29.2 Å². The molecule has 11 heavy (non-hydrogen) atoms. The van der Waals surface area contributed by atoms with Crippen LogP contribution >= 0.6 is 11.6 Å². The predicted octanol–water partition coefficient (Wildman–Crippen LogP) is 1.69. The minimum absolute atomic E-state index is 0.640. The van der Waals surface area contributed by atoms with Gasteiger partial charge in [-0.1, -0.05) is 11.6 Å². The molecule has 0 radical (unpaired) electrons. The van der Waals surface area contributed by atoms with Crippen molar-refractivity contribution in [3.63, 3.8) is 0 Å². The minimum Gasteiger partial charge on any atom is -0.235 e. The Bertz CT molecular complexity index is 393. The van der Waals surface area contributed by atoms with E-state index in [1.54, 1.807) is 16.9 Å². The molecular formula is C7H6ClN3. The van der Waals surface area contributed by atoms with Gasteiger partial charge in [-0.2, -0.15) is 5.10 Å². The molecule has 0 aliphatic heterocycles. The van der Waals surface area contributed by atoms with E-state index in [4.69, 9.17) is 11.6 Å². The Morgan fingerprint density at radius 2 is 2.36 bits per heavy atom. The summed E-state index contributed by atoms with van der Waals surface area (Å²) >= 11 is 5.82. The first kappa shape index (κ1) is 6.61. The SMILES string of the molecule is Cc1c(Cl)cnc2ccnn12. The van der Waals surface area contributed by atoms with Crippen molar-refractivity contribution >= 4 is 17.2 Å². The van der Waals surface area contributed by atoms with Crippen molar-refractivity contribution in [2.24, 2.45) is 0 Å². The van der Waals surface area contributed by atoms with Crippen LogP contribution in [0.1, 0.15) is 5.69 Å². The van der Waals surface area contributed by atoms with Gasteiger partial charge in [0.05, 0.1) is 16.9 Å². The van der Waals surface area contributed by atoms with Crippen LogP contribution in [0.15, 0.2) is 18.5 Å². The zero-order valence-electron chi connectivity index (χ0n) is 5.95. The Labute approximate surface area is 68.6 Å². The summed E-state index contributed by atoms with van der Waals surface area (Å²) in [7, 11) is 0. The predicted molar refractivity (Wildman–Crippen MR) is 42.7 cm³/mol. The number of aryl methyl sites for hydroxylation is 1. The molecule has 4 heteroatoms. The lowest BCUT2D eigenvalue weighted by Crippen LogP contribution is -1.95. The molecule has 2 aromatic heterocycles. The first-order valence-electron chi connectivity index (χ1n) is 3.24. The monoisotopic (exact) mass is 167 g/mol. The van der Waals surface area contributed by atoms with Crippen LogP contribution in [0.2, 0.25) is 5.02 Å². The molecule has 0 amide bonds. The number of rotatable bonds is 0. The third kappa shape index (κ3) is 0.886. The summed E-state index contributed by atoms with van der Waals surface area (Å²) in [5, 5.41) is 4.69. The van der Waals surface area contributed by atoms with Gasteiger partial charge in [0.2, 0.25) is 0 Å². The lowest BCUT2D eigenvalue weighted by molar-refractivity contribution is 0.895. The van der Waals surface area contributed by atoms with Gasteiger partial charge in [0.1, 0.15) is 0 Å². The number of hydrogen-bond acceptors (Lipinski definition) is 2. The van der Waals surface area contributed by atoms with E-state index in [1.165, 1.54) is 0 Å². The molecule has 2 heterocycles. The van der Waals surface area contributed by atoms with E-state index >= 15 is 0 Å². The van der Waals surface area contributed by atoms with E-state index in [1.807, 2.05) is 13.0 Å². The van der Waals surface area contributed by atoms with Crippen molar-refractivity contribution in [2.45, 2.75) is 6.92 Å². The molecule has 2 rings (SSSR count). The van der Waals surface area contributed by atoms with E-state index in [0.717, 1.165) is 11.3 Å². The maximum atomic E-state index is 5.82. The second-order valence-corrected chi connectivity index (χ2v) is 2.70. The molecule has 0 saturated heterocycles. The fourth-order valence-corrected chi connectivity index (χ4v) is 1.10. The van der Waals surface area contributed by atoms with Crippen LogP contribution in [-0.2, 0) is 0 Å². The summed E-state index contributed by atoms with van der Waals surface area (Å²) in [6.45, 7) is 1.91. The largest absolute Gasteiger partial charge is 0.235 e. The molecule has 3 nitrogen and oxygen atoms in total. The highest BCUT2D eigenvalue weighted by molar-refractivity contribution is 6.31. The van der Waals surface area contributed by atoms with Crippen LogP contribution in [0.4, 0.5) is 0 Å². The Morgan fingerprint density at radius 1 is 1.55 bits per heavy atom. The van der Waals surface area contributed by atoms with E-state index in [0.29, 0.717) is 5.02 Å². The van der Waals surface area contributed by atoms with Crippen LogP contribution in [-0.4, -0.2) is 14.6 Å². The lowest BCUT2D eigenvalue weighted by atomic mass is 10.4. The third-order valence-electron chi connectivity index (χ3n) is 1.60. The summed E-state index contributed by atoms with van der Waals surface area (Å²) in [6.07, 6.45) is 3.33. The van der Waals surface area contributed by atoms with Crippen molar-refractivity contribution in [1.82, 2.24) is 14.6 Å². The number of halogens is 1. The third-order valence-corrected chi connectivity index (χ3v) is 1.97. The Kier molecular flexibility index (Phi) is 1.32. The average Bonchev–Trinajstić information content (AvgIpc) is 2.45. The van der Waals surface area contributed by atoms with Gasteiger partial charge in [-0.05, 0) is 6.92 Å². The van der Waals surface area contributed by atoms with Crippen molar-refractivity contribution in [2.75, 3.05) is 0 Å². The smallest absolute Gasteiger partial charge is 0.155 e. The summed E-state index contributed by atoms with van der Waals surface area (Å²) < 4.78 is 1.71. The van der Waals surface area contributed by atoms with Crippen LogP contribution in [0.5, 0.6) is 0 Å². The fraction of sp³-hybridized carbons (Fsp3) is 0.143. The van der Waals surface area contributed by atoms with Gasteiger partial charge in [-0.25, -0.2) is 9.50 Å². The first-order chi connectivity index (χ1) is 5.29. The topological polar surface area (TPSA) is 30.2 Å². The second-order valence-electron chi connectivity index (χ2n) is 2.29. The zero-order valence-corrected chi connectivity index (χ0v) is 6.71. The Morgan fingerprint density at radius 3 is 3.18 bits per heavy atom. The second kappa shape index (κ2) is 2.20. The molecule has 0 N–H and O–H groups in total. The quantitative estimate of drug-likeness (QED) is 0.598. The van der Waals surface area contributed by atoms with E-state index in [9.17, 15) is 0 Å². The maximum absolute atomic E-state index is 5.82. The molecule has 0 atom stereocenters. The number of hydrogen-bond donors (Lipinski definition) is 0. The fourth-order valence-electron chi connectivity index (χ4n) is 0.970. The van der Waals surface area contributed by atoms with Crippen LogP contribution in [0.3, 0.4) is 0 Å². The number of nitrogens with zero attached hydrogens (tertiary/aromatic N) is 3. The van der Waals surface area contributed by atoms with Gasteiger partial charge in [0, 0.05) is 12.3 Å². The minimum atomic E-state index is 0.640. The molecule has 0 bridgehead atoms. The van der Waals surface area contributed by atoms with Crippen molar-refractivity contribution in [1.29, 1.82) is 0 Å². The molecule has 0 fully saturated rings. The zero-order chi connectivity index (χ0) is 7.84. The molecular weight excluding hydrogens is 162 g/mol. The van der Waals surface area contributed by atoms with Gasteiger partial charge in [-0.15, -0.1) is 0 Å². The summed E-state index contributed by atoms with van der Waals surface area (Å²) in [5.74, 6) is 0. The van der Waals surface area contributed by atoms with Crippen LogP contribution in [0.25, 0.3) is 5.65 Å². The standard InChI is InChI=1S/C7H6ClN3/c1-5-6(8)4-9-7-2-3-10-11(5)7/h2-4H,1H3. The Hall–Kier alpha value is -1.09. The highest BCUT2D eigenvalue weighted by Gasteiger charge is 2.00. The molecule has 0 aromatic carbocycles. The van der Waals surface area contributed by atoms with Gasteiger partial charge in [0.25, 0.3) is 0 Å². The average molecular weight is 168 g/mol. The van der Waals surface area contributed by atoms with Gasteiger partial charge < -0.3 is 0 Å². The van der Waals surface area contributed by atoms with Crippen molar-refractivity contribution in [3.8, 4) is 0 Å². The van der Waals surface area contributed by atoms with Crippen LogP contribution < -0.4 is 0 Å². The molecule has 2 aromatic rings. The lowest BCUT2D eigenvalue weighted by Gasteiger charge is -1.98. The molecule has 0 saturated carbocycles. The highest BCUT2D eigenvalue weighted by atomic mass is 35.5. The maximum Gasteiger partial charge on any atom is 0.155 e. The van der Waals surface area contributed by atoms with Gasteiger partial charge in [0.15, 0.2) is 5.65 Å².